The molecule has 0 saturated carbocycles. The molecule has 0 fully saturated rings. The lowest BCUT2D eigenvalue weighted by molar-refractivity contribution is 0.117. The van der Waals surface area contributed by atoms with Gasteiger partial charge in [0.2, 0.25) is 0 Å². The molecule has 0 bridgehead atoms. The third-order valence-electron chi connectivity index (χ3n) is 4.18. The monoisotopic (exact) mass is 357 g/mol. The van der Waals surface area contributed by atoms with Gasteiger partial charge < -0.3 is 25.7 Å². The van der Waals surface area contributed by atoms with Crippen molar-refractivity contribution < 1.29 is 15.0 Å². The zero-order valence-corrected chi connectivity index (χ0v) is 15.2. The minimum atomic E-state index is -1.14. The number of rotatable bonds is 9. The second-order valence-electron chi connectivity index (χ2n) is 6.51. The Bertz CT molecular complexity index is 692. The lowest BCUT2D eigenvalue weighted by Gasteiger charge is -2.23. The summed E-state index contributed by atoms with van der Waals surface area (Å²) in [5.74, 6) is 0. The van der Waals surface area contributed by atoms with Gasteiger partial charge in [-0.3, -0.25) is 0 Å². The van der Waals surface area contributed by atoms with Crippen molar-refractivity contribution in [2.24, 2.45) is 0 Å². The fourth-order valence-corrected chi connectivity index (χ4v) is 2.76. The summed E-state index contributed by atoms with van der Waals surface area (Å²) in [6.45, 7) is 0.897. The van der Waals surface area contributed by atoms with Crippen LogP contribution in [0.1, 0.15) is 11.1 Å². The summed E-state index contributed by atoms with van der Waals surface area (Å²) in [5, 5.41) is 25.1. The first-order valence-corrected chi connectivity index (χ1v) is 8.64. The van der Waals surface area contributed by atoms with Gasteiger partial charge in [-0.15, -0.1) is 0 Å². The second kappa shape index (κ2) is 9.79. The van der Waals surface area contributed by atoms with E-state index in [4.69, 9.17) is 5.11 Å². The molecule has 0 aliphatic heterocycles. The number of benzene rings is 2. The minimum absolute atomic E-state index is 0.296. The van der Waals surface area contributed by atoms with Gasteiger partial charge in [0, 0.05) is 32.9 Å². The molecule has 0 radical (unpaired) electrons. The molecule has 6 nitrogen and oxygen atoms in total. The van der Waals surface area contributed by atoms with E-state index in [2.05, 4.69) is 16.7 Å². The predicted octanol–water partition coefficient (Wildman–Crippen LogP) is 2.08. The van der Waals surface area contributed by atoms with Crippen LogP contribution in [0.15, 0.2) is 54.6 Å². The average molecular weight is 357 g/mol. The Morgan fingerprint density at radius 3 is 2.42 bits per heavy atom. The summed E-state index contributed by atoms with van der Waals surface area (Å²) < 4.78 is 0. The smallest absolute Gasteiger partial charge is 0.404 e. The van der Waals surface area contributed by atoms with Crippen molar-refractivity contribution in [1.29, 1.82) is 0 Å². The zero-order valence-electron chi connectivity index (χ0n) is 15.2. The molecule has 0 aliphatic rings. The van der Waals surface area contributed by atoms with Gasteiger partial charge in [0.1, 0.15) is 0 Å². The Hall–Kier alpha value is -2.57. The summed E-state index contributed by atoms with van der Waals surface area (Å²) >= 11 is 0. The highest BCUT2D eigenvalue weighted by atomic mass is 16.4. The van der Waals surface area contributed by atoms with Gasteiger partial charge in [-0.1, -0.05) is 42.5 Å². The van der Waals surface area contributed by atoms with Gasteiger partial charge in [-0.2, -0.15) is 0 Å². The van der Waals surface area contributed by atoms with Gasteiger partial charge in [-0.05, 0) is 29.7 Å². The molecule has 0 aliphatic carbocycles. The number of aliphatic hydroxyl groups excluding tert-OH is 1. The second-order valence-corrected chi connectivity index (χ2v) is 6.51. The van der Waals surface area contributed by atoms with Gasteiger partial charge >= 0.3 is 6.09 Å². The average Bonchev–Trinajstić information content (AvgIpc) is 2.62. The molecule has 0 saturated heterocycles. The predicted molar refractivity (Wildman–Crippen MR) is 104 cm³/mol. The third kappa shape index (κ3) is 6.38. The van der Waals surface area contributed by atoms with Crippen molar-refractivity contribution in [2.45, 2.75) is 25.1 Å². The largest absolute Gasteiger partial charge is 0.465 e. The van der Waals surface area contributed by atoms with E-state index < -0.39 is 18.2 Å². The zero-order chi connectivity index (χ0) is 18.9. The molecule has 26 heavy (non-hydrogen) atoms. The number of amides is 1. The Morgan fingerprint density at radius 2 is 1.77 bits per heavy atom. The van der Waals surface area contributed by atoms with E-state index in [0.29, 0.717) is 19.5 Å². The maximum atomic E-state index is 11.1. The molecule has 2 aromatic rings. The Kier molecular flexibility index (Phi) is 7.44. The highest BCUT2D eigenvalue weighted by molar-refractivity contribution is 5.65. The van der Waals surface area contributed by atoms with Crippen molar-refractivity contribution in [2.75, 3.05) is 25.5 Å². The molecular formula is C20H27N3O3. The number of aliphatic hydroxyl groups is 1. The minimum Gasteiger partial charge on any atom is -0.465 e. The summed E-state index contributed by atoms with van der Waals surface area (Å²) in [6, 6.07) is 17.1. The fourth-order valence-electron chi connectivity index (χ4n) is 2.76. The molecule has 2 aromatic carbocycles. The van der Waals surface area contributed by atoms with E-state index in [-0.39, 0.29) is 0 Å². The number of carboxylic acid groups (broad SMARTS) is 1. The van der Waals surface area contributed by atoms with Crippen LogP contribution in [0.4, 0.5) is 10.5 Å². The SMILES string of the molecule is CN(C)c1cccc(CNC[C@@H](O)C(Cc2ccccc2)NC(=O)O)c1. The molecular weight excluding hydrogens is 330 g/mol. The van der Waals surface area contributed by atoms with Crippen molar-refractivity contribution in [3.05, 3.63) is 65.7 Å². The van der Waals surface area contributed by atoms with Crippen LogP contribution in [0.5, 0.6) is 0 Å². The highest BCUT2D eigenvalue weighted by Crippen LogP contribution is 2.13. The van der Waals surface area contributed by atoms with E-state index in [1.807, 2.05) is 67.5 Å². The van der Waals surface area contributed by atoms with Crippen LogP contribution in [0, 0.1) is 0 Å². The molecule has 2 rings (SSSR count). The molecule has 140 valence electrons. The van der Waals surface area contributed by atoms with Gasteiger partial charge in [0.15, 0.2) is 0 Å². The molecule has 1 unspecified atom stereocenters. The lowest BCUT2D eigenvalue weighted by atomic mass is 10.0. The first-order chi connectivity index (χ1) is 12.5. The topological polar surface area (TPSA) is 84.8 Å². The first-order valence-electron chi connectivity index (χ1n) is 8.64. The number of nitrogens with zero attached hydrogens (tertiary/aromatic N) is 1. The third-order valence-corrected chi connectivity index (χ3v) is 4.18. The summed E-state index contributed by atoms with van der Waals surface area (Å²) in [6.07, 6.45) is -1.53. The van der Waals surface area contributed by atoms with Gasteiger partial charge in [-0.25, -0.2) is 4.79 Å². The van der Waals surface area contributed by atoms with Crippen LogP contribution in [-0.2, 0) is 13.0 Å². The first kappa shape index (κ1) is 19.8. The van der Waals surface area contributed by atoms with Crippen LogP contribution in [0.2, 0.25) is 0 Å². The van der Waals surface area contributed by atoms with E-state index >= 15 is 0 Å². The summed E-state index contributed by atoms with van der Waals surface area (Å²) in [7, 11) is 3.98. The highest BCUT2D eigenvalue weighted by Gasteiger charge is 2.21. The van der Waals surface area contributed by atoms with Crippen LogP contribution < -0.4 is 15.5 Å². The van der Waals surface area contributed by atoms with E-state index in [0.717, 1.165) is 16.8 Å². The Morgan fingerprint density at radius 1 is 1.08 bits per heavy atom. The lowest BCUT2D eigenvalue weighted by Crippen LogP contribution is -2.48. The molecule has 1 amide bonds. The maximum absolute atomic E-state index is 11.1. The van der Waals surface area contributed by atoms with Crippen molar-refractivity contribution in [1.82, 2.24) is 10.6 Å². The fraction of sp³-hybridized carbons (Fsp3) is 0.350. The summed E-state index contributed by atoms with van der Waals surface area (Å²) in [5.41, 5.74) is 3.19. The molecule has 2 atom stereocenters. The maximum Gasteiger partial charge on any atom is 0.404 e. The van der Waals surface area contributed by atoms with Crippen LogP contribution in [0.3, 0.4) is 0 Å². The van der Waals surface area contributed by atoms with Crippen LogP contribution in [-0.4, -0.2) is 49.1 Å². The van der Waals surface area contributed by atoms with Crippen LogP contribution in [0.25, 0.3) is 0 Å². The number of anilines is 1. The van der Waals surface area contributed by atoms with E-state index in [1.165, 1.54) is 0 Å². The Labute approximate surface area is 154 Å². The number of hydrogen-bond donors (Lipinski definition) is 4. The number of hydrogen-bond acceptors (Lipinski definition) is 4. The van der Waals surface area contributed by atoms with Crippen molar-refractivity contribution >= 4 is 11.8 Å². The molecule has 4 N–H and O–H groups in total. The van der Waals surface area contributed by atoms with E-state index in [1.54, 1.807) is 0 Å². The molecule has 0 spiro atoms. The van der Waals surface area contributed by atoms with Crippen molar-refractivity contribution in [3.63, 3.8) is 0 Å². The molecule has 0 aromatic heterocycles. The number of carbonyl (C=O) groups is 1. The quantitative estimate of drug-likeness (QED) is 0.552. The summed E-state index contributed by atoms with van der Waals surface area (Å²) in [4.78, 5) is 13.1. The number of nitrogens with one attached hydrogen (secondary N) is 2. The standard InChI is InChI=1S/C20H27N3O3/c1-23(2)17-10-6-9-16(11-17)13-21-14-19(24)18(22-20(25)26)12-15-7-4-3-5-8-15/h3-11,18-19,21-22,24H,12-14H2,1-2H3,(H,25,26)/t18?,19-/m1/s1. The van der Waals surface area contributed by atoms with Crippen LogP contribution >= 0.6 is 0 Å². The molecule has 0 heterocycles. The normalized spacial score (nSPS) is 13.0. The Balaban J connectivity index is 1.91. The van der Waals surface area contributed by atoms with Gasteiger partial charge in [0.25, 0.3) is 0 Å². The van der Waals surface area contributed by atoms with E-state index in [9.17, 15) is 9.90 Å². The molecule has 6 heteroatoms. The van der Waals surface area contributed by atoms with Gasteiger partial charge in [0.05, 0.1) is 12.1 Å². The van der Waals surface area contributed by atoms with Crippen molar-refractivity contribution in [3.8, 4) is 0 Å².